The molecule has 1 amide bonds. The van der Waals surface area contributed by atoms with E-state index in [1.165, 1.54) is 6.07 Å². The minimum Gasteiger partial charge on any atom is -0.323 e. The van der Waals surface area contributed by atoms with Gasteiger partial charge in [-0.2, -0.15) is 0 Å². The molecule has 132 valence electrons. The van der Waals surface area contributed by atoms with Gasteiger partial charge in [0.05, 0.1) is 11.6 Å². The number of halogens is 2. The molecule has 1 unspecified atom stereocenters. The molecule has 6 nitrogen and oxygen atoms in total. The van der Waals surface area contributed by atoms with Gasteiger partial charge in [-0.05, 0) is 37.1 Å². The number of carbonyl (C=O) groups excluding carboxylic acids is 1. The van der Waals surface area contributed by atoms with E-state index < -0.39 is 17.6 Å². The van der Waals surface area contributed by atoms with Crippen molar-refractivity contribution in [2.45, 2.75) is 25.3 Å². The number of nitrogens with zero attached hydrogens (tertiary/aromatic N) is 4. The molecule has 1 atom stereocenters. The largest absolute Gasteiger partial charge is 0.323 e. The molecule has 0 aliphatic carbocycles. The molecule has 4 rings (SSSR count). The molecule has 1 aliphatic rings. The number of aromatic nitrogens is 4. The lowest BCUT2D eigenvalue weighted by Gasteiger charge is -2.23. The Morgan fingerprint density at radius 3 is 2.73 bits per heavy atom. The average molecular weight is 355 g/mol. The number of benzene rings is 1. The van der Waals surface area contributed by atoms with Gasteiger partial charge >= 0.3 is 0 Å². The molecule has 0 radical (unpaired) electrons. The highest BCUT2D eigenvalue weighted by atomic mass is 19.1. The summed E-state index contributed by atoms with van der Waals surface area (Å²) in [5.41, 5.74) is 0.812. The van der Waals surface area contributed by atoms with Gasteiger partial charge in [-0.25, -0.2) is 8.78 Å². The summed E-state index contributed by atoms with van der Waals surface area (Å²) in [6, 6.07) is 6.70. The molecule has 0 spiro atoms. The van der Waals surface area contributed by atoms with Crippen LogP contribution in [-0.2, 0) is 11.3 Å². The molecular weight excluding hydrogens is 340 g/mol. The highest BCUT2D eigenvalue weighted by molar-refractivity contribution is 5.95. The first kappa shape index (κ1) is 16.3. The summed E-state index contributed by atoms with van der Waals surface area (Å²) in [4.78, 5) is 16.6. The van der Waals surface area contributed by atoms with Crippen molar-refractivity contribution in [3.63, 3.8) is 0 Å². The molecule has 0 bridgehead atoms. The highest BCUT2D eigenvalue weighted by Gasteiger charge is 2.31. The number of pyridine rings is 1. The fourth-order valence-corrected chi connectivity index (χ4v) is 3.15. The Morgan fingerprint density at radius 1 is 1.15 bits per heavy atom. The van der Waals surface area contributed by atoms with E-state index in [-0.39, 0.29) is 11.6 Å². The molecule has 3 aromatic rings. The third-order valence-electron chi connectivity index (χ3n) is 4.41. The van der Waals surface area contributed by atoms with E-state index in [1.807, 2.05) is 16.7 Å². The Labute approximate surface area is 147 Å². The van der Waals surface area contributed by atoms with Crippen molar-refractivity contribution in [1.29, 1.82) is 0 Å². The van der Waals surface area contributed by atoms with Crippen molar-refractivity contribution in [2.24, 2.45) is 0 Å². The summed E-state index contributed by atoms with van der Waals surface area (Å²) >= 11 is 0. The van der Waals surface area contributed by atoms with E-state index in [9.17, 15) is 13.6 Å². The van der Waals surface area contributed by atoms with E-state index >= 15 is 0 Å². The zero-order chi connectivity index (χ0) is 18.1. The lowest BCUT2D eigenvalue weighted by molar-refractivity contribution is -0.118. The van der Waals surface area contributed by atoms with Crippen LogP contribution in [0.4, 0.5) is 14.5 Å². The van der Waals surface area contributed by atoms with Crippen LogP contribution >= 0.6 is 0 Å². The smallest absolute Gasteiger partial charge is 0.235 e. The Hall–Kier alpha value is -3.16. The number of fused-ring (bicyclic) bond motifs is 1. The number of anilines is 1. The van der Waals surface area contributed by atoms with E-state index in [4.69, 9.17) is 0 Å². The second-order valence-corrected chi connectivity index (χ2v) is 6.08. The third-order valence-corrected chi connectivity index (χ3v) is 4.41. The van der Waals surface area contributed by atoms with E-state index in [0.29, 0.717) is 24.6 Å². The summed E-state index contributed by atoms with van der Waals surface area (Å²) < 4.78 is 28.7. The summed E-state index contributed by atoms with van der Waals surface area (Å²) in [7, 11) is 0. The topological polar surface area (TPSA) is 72.7 Å². The summed E-state index contributed by atoms with van der Waals surface area (Å²) in [5, 5.41) is 10.9. The number of carbonyl (C=O) groups is 1. The van der Waals surface area contributed by atoms with Gasteiger partial charge in [0, 0.05) is 30.6 Å². The first-order chi connectivity index (χ1) is 12.6. The average Bonchev–Trinajstić information content (AvgIpc) is 3.09. The minimum absolute atomic E-state index is 0.0533. The van der Waals surface area contributed by atoms with Crippen LogP contribution in [0, 0.1) is 11.6 Å². The predicted molar refractivity (Wildman–Crippen MR) is 90.2 cm³/mol. The number of rotatable bonds is 3. The fourth-order valence-electron chi connectivity index (χ4n) is 3.15. The van der Waals surface area contributed by atoms with E-state index in [1.54, 1.807) is 12.4 Å². The fraction of sp³-hybridized carbons (Fsp3) is 0.222. The lowest BCUT2D eigenvalue weighted by Crippen LogP contribution is -2.28. The molecule has 1 aliphatic heterocycles. The number of amides is 1. The van der Waals surface area contributed by atoms with Crippen LogP contribution in [0.2, 0.25) is 0 Å². The van der Waals surface area contributed by atoms with Gasteiger partial charge in [0.25, 0.3) is 0 Å². The van der Waals surface area contributed by atoms with Gasteiger partial charge in [0.2, 0.25) is 5.91 Å². The normalized spacial score (nSPS) is 16.2. The Morgan fingerprint density at radius 2 is 1.96 bits per heavy atom. The monoisotopic (exact) mass is 355 g/mol. The SMILES string of the molecule is O=C(Nc1ccc(F)cc1F)C1CCCn2c(-c3ccncc3)nnc21. The van der Waals surface area contributed by atoms with Crippen molar-refractivity contribution >= 4 is 11.6 Å². The maximum atomic E-state index is 13.8. The second kappa shape index (κ2) is 6.62. The quantitative estimate of drug-likeness (QED) is 0.783. The first-order valence-corrected chi connectivity index (χ1v) is 8.23. The zero-order valence-electron chi connectivity index (χ0n) is 13.7. The van der Waals surface area contributed by atoms with Crippen molar-refractivity contribution in [3.05, 3.63) is 60.2 Å². The number of hydrogen-bond acceptors (Lipinski definition) is 4. The molecule has 26 heavy (non-hydrogen) atoms. The van der Waals surface area contributed by atoms with Crippen LogP contribution < -0.4 is 5.32 Å². The van der Waals surface area contributed by atoms with Crippen LogP contribution in [0.1, 0.15) is 24.6 Å². The molecule has 0 saturated heterocycles. The molecule has 0 fully saturated rings. The van der Waals surface area contributed by atoms with Crippen molar-refractivity contribution in [3.8, 4) is 11.4 Å². The molecule has 2 aromatic heterocycles. The standard InChI is InChI=1S/C18H15F2N5O/c19-12-3-4-15(14(20)10-12)22-18(26)13-2-1-9-25-16(23-24-17(13)25)11-5-7-21-8-6-11/h3-8,10,13H,1-2,9H2,(H,22,26). The van der Waals surface area contributed by atoms with Crippen molar-refractivity contribution in [2.75, 3.05) is 5.32 Å². The predicted octanol–water partition coefficient (Wildman–Crippen LogP) is 3.13. The Balaban J connectivity index is 1.62. The Kier molecular flexibility index (Phi) is 4.16. The summed E-state index contributed by atoms with van der Waals surface area (Å²) in [6.45, 7) is 0.703. The highest BCUT2D eigenvalue weighted by Crippen LogP contribution is 2.31. The molecule has 3 heterocycles. The first-order valence-electron chi connectivity index (χ1n) is 8.23. The van der Waals surface area contributed by atoms with Gasteiger partial charge in [-0.3, -0.25) is 9.78 Å². The molecular formula is C18H15F2N5O. The zero-order valence-corrected chi connectivity index (χ0v) is 13.7. The summed E-state index contributed by atoms with van der Waals surface area (Å²) in [6.07, 6.45) is 4.69. The van der Waals surface area contributed by atoms with Crippen LogP contribution in [0.3, 0.4) is 0 Å². The van der Waals surface area contributed by atoms with E-state index in [0.717, 1.165) is 24.1 Å². The Bertz CT molecular complexity index is 957. The van der Waals surface area contributed by atoms with Crippen molar-refractivity contribution in [1.82, 2.24) is 19.7 Å². The van der Waals surface area contributed by atoms with Gasteiger partial charge < -0.3 is 9.88 Å². The van der Waals surface area contributed by atoms with Crippen LogP contribution in [-0.4, -0.2) is 25.7 Å². The second-order valence-electron chi connectivity index (χ2n) is 6.08. The lowest BCUT2D eigenvalue weighted by atomic mass is 9.97. The van der Waals surface area contributed by atoms with Crippen LogP contribution in [0.5, 0.6) is 0 Å². The molecule has 1 N–H and O–H groups in total. The molecule has 0 saturated carbocycles. The van der Waals surface area contributed by atoms with Crippen LogP contribution in [0.25, 0.3) is 11.4 Å². The van der Waals surface area contributed by atoms with Crippen LogP contribution in [0.15, 0.2) is 42.7 Å². The maximum absolute atomic E-state index is 13.8. The molecule has 8 heteroatoms. The number of hydrogen-bond donors (Lipinski definition) is 1. The summed E-state index contributed by atoms with van der Waals surface area (Å²) in [5.74, 6) is -1.22. The van der Waals surface area contributed by atoms with Gasteiger partial charge in [0.15, 0.2) is 5.82 Å². The molecule has 1 aromatic carbocycles. The number of nitrogens with one attached hydrogen (secondary N) is 1. The van der Waals surface area contributed by atoms with Gasteiger partial charge in [-0.15, -0.1) is 10.2 Å². The van der Waals surface area contributed by atoms with E-state index in [2.05, 4.69) is 20.5 Å². The van der Waals surface area contributed by atoms with Crippen molar-refractivity contribution < 1.29 is 13.6 Å². The maximum Gasteiger partial charge on any atom is 0.235 e. The third kappa shape index (κ3) is 2.94. The van der Waals surface area contributed by atoms with Gasteiger partial charge in [-0.1, -0.05) is 0 Å². The van der Waals surface area contributed by atoms with Gasteiger partial charge in [0.1, 0.15) is 17.5 Å². The minimum atomic E-state index is -0.812.